The Bertz CT molecular complexity index is 507. The molecule has 2 aliphatic rings. The van der Waals surface area contributed by atoms with E-state index in [0.29, 0.717) is 45.7 Å². The second-order valence-corrected chi connectivity index (χ2v) is 6.04. The van der Waals surface area contributed by atoms with Gasteiger partial charge < -0.3 is 9.64 Å². The molecule has 0 N–H and O–H groups in total. The van der Waals surface area contributed by atoms with Crippen LogP contribution in [0.25, 0.3) is 0 Å². The van der Waals surface area contributed by atoms with E-state index in [1.165, 1.54) is 0 Å². The van der Waals surface area contributed by atoms with Crippen molar-refractivity contribution >= 4 is 5.91 Å². The van der Waals surface area contributed by atoms with Crippen molar-refractivity contribution in [2.24, 2.45) is 0 Å². The molecule has 1 unspecified atom stereocenters. The quantitative estimate of drug-likeness (QED) is 0.843. The van der Waals surface area contributed by atoms with E-state index < -0.39 is 5.67 Å². The SMILES string of the molecule is O=C(N1CCOCC1)C1(F)CCCN(Cc2ccncc2)C1. The van der Waals surface area contributed by atoms with Crippen LogP contribution in [0.1, 0.15) is 18.4 Å². The van der Waals surface area contributed by atoms with Gasteiger partial charge in [-0.15, -0.1) is 0 Å². The molecule has 0 spiro atoms. The monoisotopic (exact) mass is 307 g/mol. The summed E-state index contributed by atoms with van der Waals surface area (Å²) in [5.41, 5.74) is -0.666. The molecule has 0 aromatic carbocycles. The van der Waals surface area contributed by atoms with Gasteiger partial charge in [0.2, 0.25) is 5.67 Å². The van der Waals surface area contributed by atoms with Gasteiger partial charge in [-0.3, -0.25) is 14.7 Å². The summed E-state index contributed by atoms with van der Waals surface area (Å²) < 4.78 is 20.5. The van der Waals surface area contributed by atoms with Crippen LogP contribution < -0.4 is 0 Å². The van der Waals surface area contributed by atoms with Gasteiger partial charge in [0, 0.05) is 38.6 Å². The van der Waals surface area contributed by atoms with E-state index in [2.05, 4.69) is 4.98 Å². The number of piperidine rings is 1. The number of rotatable bonds is 3. The zero-order chi connectivity index (χ0) is 15.4. The number of carbonyl (C=O) groups is 1. The topological polar surface area (TPSA) is 45.7 Å². The van der Waals surface area contributed by atoms with Gasteiger partial charge in [-0.25, -0.2) is 4.39 Å². The third-order valence-electron chi connectivity index (χ3n) is 4.36. The third-order valence-corrected chi connectivity index (χ3v) is 4.36. The molecule has 2 fully saturated rings. The highest BCUT2D eigenvalue weighted by Gasteiger charge is 2.45. The number of likely N-dealkylation sites (tertiary alicyclic amines) is 1. The standard InChI is InChI=1S/C16H22FN3O2/c17-16(15(21)20-8-10-22-11-9-20)4-1-7-19(13-16)12-14-2-5-18-6-3-14/h2-3,5-6H,1,4,7-13H2. The fourth-order valence-electron chi connectivity index (χ4n) is 3.20. The maximum absolute atomic E-state index is 15.2. The minimum absolute atomic E-state index is 0.172. The Morgan fingerprint density at radius 3 is 2.73 bits per heavy atom. The maximum Gasteiger partial charge on any atom is 0.261 e. The first-order valence-corrected chi connectivity index (χ1v) is 7.85. The highest BCUT2D eigenvalue weighted by molar-refractivity contribution is 5.85. The first-order chi connectivity index (χ1) is 10.7. The van der Waals surface area contributed by atoms with E-state index in [0.717, 1.165) is 12.1 Å². The molecule has 0 aliphatic carbocycles. The summed E-state index contributed by atoms with van der Waals surface area (Å²) in [4.78, 5) is 20.2. The number of nitrogens with zero attached hydrogens (tertiary/aromatic N) is 3. The van der Waals surface area contributed by atoms with Gasteiger partial charge in [-0.2, -0.15) is 0 Å². The van der Waals surface area contributed by atoms with E-state index in [1.807, 2.05) is 17.0 Å². The number of hydrogen-bond donors (Lipinski definition) is 0. The highest BCUT2D eigenvalue weighted by Crippen LogP contribution is 2.29. The number of hydrogen-bond acceptors (Lipinski definition) is 4. The molecule has 1 atom stereocenters. The molecule has 0 radical (unpaired) electrons. The number of alkyl halides is 1. The predicted molar refractivity (Wildman–Crippen MR) is 80.0 cm³/mol. The Morgan fingerprint density at radius 2 is 2.00 bits per heavy atom. The molecule has 6 heteroatoms. The second-order valence-electron chi connectivity index (χ2n) is 6.04. The van der Waals surface area contributed by atoms with Crippen molar-refractivity contribution in [3.8, 4) is 0 Å². The lowest BCUT2D eigenvalue weighted by atomic mass is 9.92. The first kappa shape index (κ1) is 15.4. The van der Waals surface area contributed by atoms with Gasteiger partial charge in [-0.1, -0.05) is 0 Å². The first-order valence-electron chi connectivity index (χ1n) is 7.85. The number of carbonyl (C=O) groups excluding carboxylic acids is 1. The smallest absolute Gasteiger partial charge is 0.261 e. The molecule has 2 saturated heterocycles. The molecule has 22 heavy (non-hydrogen) atoms. The lowest BCUT2D eigenvalue weighted by Crippen LogP contribution is -2.57. The molecule has 3 heterocycles. The molecular formula is C16H22FN3O2. The number of aromatic nitrogens is 1. The lowest BCUT2D eigenvalue weighted by Gasteiger charge is -2.40. The molecule has 0 bridgehead atoms. The Labute approximate surface area is 130 Å². The van der Waals surface area contributed by atoms with Crippen molar-refractivity contribution in [3.63, 3.8) is 0 Å². The van der Waals surface area contributed by atoms with Gasteiger partial charge in [-0.05, 0) is 37.1 Å². The Morgan fingerprint density at radius 1 is 1.27 bits per heavy atom. The van der Waals surface area contributed by atoms with Crippen LogP contribution in [0.3, 0.4) is 0 Å². The van der Waals surface area contributed by atoms with Gasteiger partial charge in [0.25, 0.3) is 5.91 Å². The van der Waals surface area contributed by atoms with Crippen LogP contribution in [0.4, 0.5) is 4.39 Å². The van der Waals surface area contributed by atoms with Crippen molar-refractivity contribution in [1.29, 1.82) is 0 Å². The fraction of sp³-hybridized carbons (Fsp3) is 0.625. The van der Waals surface area contributed by atoms with Gasteiger partial charge in [0.15, 0.2) is 0 Å². The maximum atomic E-state index is 15.2. The summed E-state index contributed by atoms with van der Waals surface area (Å²) in [5, 5.41) is 0. The number of morpholine rings is 1. The van der Waals surface area contributed by atoms with E-state index in [1.54, 1.807) is 17.3 Å². The van der Waals surface area contributed by atoms with Crippen molar-refractivity contribution in [2.45, 2.75) is 25.1 Å². The molecule has 1 aromatic heterocycles. The Kier molecular flexibility index (Phi) is 4.69. The van der Waals surface area contributed by atoms with Crippen molar-refractivity contribution < 1.29 is 13.9 Å². The summed E-state index contributed by atoms with van der Waals surface area (Å²) in [6.45, 7) is 3.65. The molecule has 1 aromatic rings. The van der Waals surface area contributed by atoms with Crippen molar-refractivity contribution in [2.75, 3.05) is 39.4 Å². The lowest BCUT2D eigenvalue weighted by molar-refractivity contribution is -0.152. The average molecular weight is 307 g/mol. The molecule has 5 nitrogen and oxygen atoms in total. The van der Waals surface area contributed by atoms with Crippen LogP contribution in [-0.4, -0.2) is 65.8 Å². The molecule has 120 valence electrons. The summed E-state index contributed by atoms with van der Waals surface area (Å²) in [6, 6.07) is 3.86. The van der Waals surface area contributed by atoms with Crippen LogP contribution in [0, 0.1) is 0 Å². The summed E-state index contributed by atoms with van der Waals surface area (Å²) in [5.74, 6) is -0.366. The zero-order valence-electron chi connectivity index (χ0n) is 12.7. The molecule has 3 rings (SSSR count). The zero-order valence-corrected chi connectivity index (χ0v) is 12.7. The van der Waals surface area contributed by atoms with Gasteiger partial charge in [0.1, 0.15) is 0 Å². The number of ether oxygens (including phenoxy) is 1. The molecule has 0 saturated carbocycles. The summed E-state index contributed by atoms with van der Waals surface area (Å²) in [7, 11) is 0. The van der Waals surface area contributed by atoms with Crippen molar-refractivity contribution in [1.82, 2.24) is 14.8 Å². The van der Waals surface area contributed by atoms with E-state index in [-0.39, 0.29) is 12.5 Å². The predicted octanol–water partition coefficient (Wildman–Crippen LogP) is 1.24. The van der Waals surface area contributed by atoms with Crippen LogP contribution in [0.2, 0.25) is 0 Å². The minimum Gasteiger partial charge on any atom is -0.378 e. The largest absolute Gasteiger partial charge is 0.378 e. The fourth-order valence-corrected chi connectivity index (χ4v) is 3.20. The normalized spacial score (nSPS) is 26.9. The van der Waals surface area contributed by atoms with Crippen molar-refractivity contribution in [3.05, 3.63) is 30.1 Å². The van der Waals surface area contributed by atoms with E-state index >= 15 is 4.39 Å². The number of pyridine rings is 1. The molecular weight excluding hydrogens is 285 g/mol. The minimum atomic E-state index is -1.76. The van der Waals surface area contributed by atoms with Crippen LogP contribution in [0.5, 0.6) is 0 Å². The van der Waals surface area contributed by atoms with E-state index in [9.17, 15) is 4.79 Å². The second kappa shape index (κ2) is 6.71. The average Bonchev–Trinajstić information content (AvgIpc) is 2.56. The summed E-state index contributed by atoms with van der Waals surface area (Å²) >= 11 is 0. The van der Waals surface area contributed by atoms with Gasteiger partial charge in [0.05, 0.1) is 13.2 Å². The van der Waals surface area contributed by atoms with E-state index in [4.69, 9.17) is 4.74 Å². The Balaban J connectivity index is 1.64. The Hall–Kier alpha value is -1.53. The number of amides is 1. The van der Waals surface area contributed by atoms with Crippen LogP contribution >= 0.6 is 0 Å². The van der Waals surface area contributed by atoms with Crippen LogP contribution in [-0.2, 0) is 16.1 Å². The molecule has 1 amide bonds. The third kappa shape index (κ3) is 3.44. The van der Waals surface area contributed by atoms with Crippen LogP contribution in [0.15, 0.2) is 24.5 Å². The van der Waals surface area contributed by atoms with Gasteiger partial charge >= 0.3 is 0 Å². The number of halogens is 1. The highest BCUT2D eigenvalue weighted by atomic mass is 19.1. The summed E-state index contributed by atoms with van der Waals surface area (Å²) in [6.07, 6.45) is 4.50. The molecule has 2 aliphatic heterocycles.